The fraction of sp³-hybridized carbons (Fsp3) is 0.417. The number of benzene rings is 1. The van der Waals surface area contributed by atoms with Gasteiger partial charge in [0.15, 0.2) is 0 Å². The molecule has 0 heterocycles. The summed E-state index contributed by atoms with van der Waals surface area (Å²) in [7, 11) is 0. The van der Waals surface area contributed by atoms with Crippen molar-refractivity contribution in [2.75, 3.05) is 6.54 Å². The Morgan fingerprint density at radius 1 is 1.32 bits per heavy atom. The van der Waals surface area contributed by atoms with E-state index < -0.39 is 12.2 Å². The molecular formula is C12H15Cl2NO4. The average Bonchev–Trinajstić information content (AvgIpc) is 2.32. The summed E-state index contributed by atoms with van der Waals surface area (Å²) in [6, 6.07) is 2.49. The highest BCUT2D eigenvalue weighted by Gasteiger charge is 2.22. The molecule has 1 aromatic carbocycles. The molecule has 0 saturated heterocycles. The van der Waals surface area contributed by atoms with E-state index in [9.17, 15) is 20.1 Å². The number of hydrogen-bond acceptors (Lipinski definition) is 4. The predicted molar refractivity (Wildman–Crippen MR) is 72.4 cm³/mol. The van der Waals surface area contributed by atoms with Crippen molar-refractivity contribution >= 4 is 29.1 Å². The molecule has 7 heteroatoms. The third-order valence-electron chi connectivity index (χ3n) is 2.56. The molecule has 1 aromatic rings. The van der Waals surface area contributed by atoms with Crippen LogP contribution in [0.4, 0.5) is 0 Å². The van der Waals surface area contributed by atoms with Gasteiger partial charge in [-0.2, -0.15) is 0 Å². The van der Waals surface area contributed by atoms with Gasteiger partial charge in [-0.25, -0.2) is 0 Å². The van der Waals surface area contributed by atoms with E-state index >= 15 is 0 Å². The van der Waals surface area contributed by atoms with E-state index in [1.807, 2.05) is 0 Å². The largest absolute Gasteiger partial charge is 0.506 e. The van der Waals surface area contributed by atoms with Crippen molar-refractivity contribution in [1.82, 2.24) is 5.32 Å². The number of carbonyl (C=O) groups excluding carboxylic acids is 1. The summed E-state index contributed by atoms with van der Waals surface area (Å²) >= 11 is 11.6. The quantitative estimate of drug-likeness (QED) is 0.665. The van der Waals surface area contributed by atoms with Crippen molar-refractivity contribution < 1.29 is 20.1 Å². The van der Waals surface area contributed by atoms with Gasteiger partial charge in [0, 0.05) is 25.1 Å². The first kappa shape index (κ1) is 16.0. The lowest BCUT2D eigenvalue weighted by Crippen LogP contribution is -2.27. The van der Waals surface area contributed by atoms with Crippen LogP contribution in [-0.2, 0) is 4.79 Å². The maximum Gasteiger partial charge on any atom is 0.216 e. The highest BCUT2D eigenvalue weighted by molar-refractivity contribution is 6.34. The van der Waals surface area contributed by atoms with Crippen molar-refractivity contribution in [2.45, 2.75) is 25.6 Å². The zero-order valence-electron chi connectivity index (χ0n) is 10.2. The highest BCUT2D eigenvalue weighted by Crippen LogP contribution is 2.34. The van der Waals surface area contributed by atoms with Crippen LogP contribution in [0.25, 0.3) is 0 Å². The molecule has 0 aliphatic rings. The van der Waals surface area contributed by atoms with Gasteiger partial charge in [-0.15, -0.1) is 0 Å². The lowest BCUT2D eigenvalue weighted by atomic mass is 10.0. The summed E-state index contributed by atoms with van der Waals surface area (Å²) in [5.74, 6) is -0.414. The van der Waals surface area contributed by atoms with E-state index in [-0.39, 0.29) is 40.2 Å². The van der Waals surface area contributed by atoms with Crippen molar-refractivity contribution in [1.29, 1.82) is 0 Å². The summed E-state index contributed by atoms with van der Waals surface area (Å²) in [6.07, 6.45) is -2.19. The third-order valence-corrected chi connectivity index (χ3v) is 3.19. The standard InChI is InChI=1S/C12H15Cl2NO4/c1-6(16)15-3-2-10(17)12(19)7-4-9(14)11(18)5-8(7)13/h4-5,10,12,17-19H,2-3H2,1H3,(H,15,16). The van der Waals surface area contributed by atoms with Gasteiger partial charge in [-0.1, -0.05) is 23.2 Å². The van der Waals surface area contributed by atoms with Gasteiger partial charge in [0.2, 0.25) is 5.91 Å². The smallest absolute Gasteiger partial charge is 0.216 e. The summed E-state index contributed by atoms with van der Waals surface area (Å²) in [5, 5.41) is 31.8. The molecule has 2 unspecified atom stereocenters. The van der Waals surface area contributed by atoms with Crippen LogP contribution >= 0.6 is 23.2 Å². The number of nitrogens with one attached hydrogen (secondary N) is 1. The lowest BCUT2D eigenvalue weighted by Gasteiger charge is -2.19. The first-order valence-electron chi connectivity index (χ1n) is 5.61. The molecule has 0 aromatic heterocycles. The molecule has 0 radical (unpaired) electrons. The summed E-state index contributed by atoms with van der Waals surface area (Å²) in [6.45, 7) is 1.59. The van der Waals surface area contributed by atoms with Crippen molar-refractivity contribution in [3.8, 4) is 5.75 Å². The number of halogens is 2. The predicted octanol–water partition coefficient (Wildman–Crippen LogP) is 1.62. The van der Waals surface area contributed by atoms with Crippen LogP contribution in [0.1, 0.15) is 25.0 Å². The second-order valence-corrected chi connectivity index (χ2v) is 4.92. The molecule has 0 saturated carbocycles. The summed E-state index contributed by atoms with van der Waals surface area (Å²) in [5.41, 5.74) is 0.222. The second kappa shape index (κ2) is 6.96. The zero-order chi connectivity index (χ0) is 14.6. The van der Waals surface area contributed by atoms with Gasteiger partial charge in [-0.3, -0.25) is 4.79 Å². The SMILES string of the molecule is CC(=O)NCCC(O)C(O)c1cc(Cl)c(O)cc1Cl. The molecule has 0 bridgehead atoms. The molecule has 1 rings (SSSR count). The Kier molecular flexibility index (Phi) is 5.87. The first-order chi connectivity index (χ1) is 8.82. The zero-order valence-corrected chi connectivity index (χ0v) is 11.7. The minimum absolute atomic E-state index is 0.0347. The van der Waals surface area contributed by atoms with Gasteiger partial charge in [0.1, 0.15) is 11.9 Å². The lowest BCUT2D eigenvalue weighted by molar-refractivity contribution is -0.119. The van der Waals surface area contributed by atoms with E-state index in [2.05, 4.69) is 5.32 Å². The molecule has 106 valence electrons. The Morgan fingerprint density at radius 2 is 1.95 bits per heavy atom. The second-order valence-electron chi connectivity index (χ2n) is 4.11. The molecule has 4 N–H and O–H groups in total. The Bertz CT molecular complexity index is 467. The summed E-state index contributed by atoms with van der Waals surface area (Å²) in [4.78, 5) is 10.7. The third kappa shape index (κ3) is 4.54. The fourth-order valence-electron chi connectivity index (χ4n) is 1.54. The number of aliphatic hydroxyl groups is 2. The van der Waals surface area contributed by atoms with Crippen LogP contribution in [-0.4, -0.2) is 33.9 Å². The van der Waals surface area contributed by atoms with Gasteiger partial charge in [0.25, 0.3) is 0 Å². The van der Waals surface area contributed by atoms with Crippen LogP contribution in [0.5, 0.6) is 5.75 Å². The number of phenolic OH excluding ortho intramolecular Hbond substituents is 1. The first-order valence-corrected chi connectivity index (χ1v) is 6.37. The fourth-order valence-corrected chi connectivity index (χ4v) is 1.98. The van der Waals surface area contributed by atoms with E-state index in [1.165, 1.54) is 19.1 Å². The minimum atomic E-state index is -1.25. The van der Waals surface area contributed by atoms with Gasteiger partial charge in [-0.05, 0) is 12.5 Å². The molecule has 0 aliphatic carbocycles. The van der Waals surface area contributed by atoms with Crippen molar-refractivity contribution in [3.63, 3.8) is 0 Å². The molecule has 0 spiro atoms. The van der Waals surface area contributed by atoms with Crippen LogP contribution in [0.3, 0.4) is 0 Å². The van der Waals surface area contributed by atoms with Gasteiger partial charge in [0.05, 0.1) is 16.1 Å². The highest BCUT2D eigenvalue weighted by atomic mass is 35.5. The maximum atomic E-state index is 10.7. The minimum Gasteiger partial charge on any atom is -0.506 e. The van der Waals surface area contributed by atoms with E-state index in [0.29, 0.717) is 0 Å². The summed E-state index contributed by atoms with van der Waals surface area (Å²) < 4.78 is 0. The number of aliphatic hydroxyl groups excluding tert-OH is 2. The number of hydrogen-bond donors (Lipinski definition) is 4. The number of carbonyl (C=O) groups is 1. The Hall–Kier alpha value is -1.01. The normalized spacial score (nSPS) is 13.9. The van der Waals surface area contributed by atoms with Gasteiger partial charge >= 0.3 is 0 Å². The van der Waals surface area contributed by atoms with Crippen LogP contribution in [0, 0.1) is 0 Å². The van der Waals surface area contributed by atoms with E-state index in [4.69, 9.17) is 23.2 Å². The van der Waals surface area contributed by atoms with Crippen LogP contribution < -0.4 is 5.32 Å². The number of amides is 1. The molecular weight excluding hydrogens is 293 g/mol. The molecule has 19 heavy (non-hydrogen) atoms. The van der Waals surface area contributed by atoms with E-state index in [1.54, 1.807) is 0 Å². The average molecular weight is 308 g/mol. The molecule has 0 fully saturated rings. The van der Waals surface area contributed by atoms with Crippen LogP contribution in [0.2, 0.25) is 10.0 Å². The Morgan fingerprint density at radius 3 is 2.53 bits per heavy atom. The topological polar surface area (TPSA) is 89.8 Å². The number of rotatable bonds is 5. The molecule has 2 atom stereocenters. The molecule has 0 aliphatic heterocycles. The molecule has 1 amide bonds. The maximum absolute atomic E-state index is 10.7. The van der Waals surface area contributed by atoms with Crippen molar-refractivity contribution in [3.05, 3.63) is 27.7 Å². The van der Waals surface area contributed by atoms with Crippen LogP contribution in [0.15, 0.2) is 12.1 Å². The number of phenols is 1. The Labute approximate surface area is 120 Å². The van der Waals surface area contributed by atoms with Gasteiger partial charge < -0.3 is 20.6 Å². The monoisotopic (exact) mass is 307 g/mol. The van der Waals surface area contributed by atoms with E-state index in [0.717, 1.165) is 0 Å². The molecule has 5 nitrogen and oxygen atoms in total. The van der Waals surface area contributed by atoms with Crippen molar-refractivity contribution in [2.24, 2.45) is 0 Å². The Balaban J connectivity index is 2.73. The number of aromatic hydroxyl groups is 1.